The summed E-state index contributed by atoms with van der Waals surface area (Å²) in [4.78, 5) is 12.9. The summed E-state index contributed by atoms with van der Waals surface area (Å²) in [6, 6.07) is 15.8. The third-order valence-corrected chi connectivity index (χ3v) is 3.48. The van der Waals surface area contributed by atoms with Crippen molar-refractivity contribution in [2.75, 3.05) is 11.4 Å². The fraction of sp³-hybridized carbons (Fsp3) is 0.188. The highest BCUT2D eigenvalue weighted by molar-refractivity contribution is 9.10. The second kappa shape index (κ2) is 6.57. The van der Waals surface area contributed by atoms with E-state index in [0.29, 0.717) is 6.54 Å². The maximum Gasteiger partial charge on any atom is 0.323 e. The standard InChI is InChI=1S/C16H16BrNO2/c1-12-5-7-15(8-6-12)18(11-16(19)20)10-13-3-2-4-14(17)9-13/h2-9H,10-11H2,1H3,(H,19,20). The quantitative estimate of drug-likeness (QED) is 0.903. The SMILES string of the molecule is Cc1ccc(N(CC(=O)O)Cc2cccc(Br)c2)cc1. The molecule has 0 atom stereocenters. The Labute approximate surface area is 127 Å². The normalized spacial score (nSPS) is 10.3. The molecular weight excluding hydrogens is 318 g/mol. The average Bonchev–Trinajstić information content (AvgIpc) is 2.38. The summed E-state index contributed by atoms with van der Waals surface area (Å²) in [5.41, 5.74) is 3.14. The Bertz CT molecular complexity index is 596. The van der Waals surface area contributed by atoms with Crippen molar-refractivity contribution in [3.05, 3.63) is 64.1 Å². The van der Waals surface area contributed by atoms with E-state index in [0.717, 1.165) is 21.3 Å². The molecule has 4 heteroatoms. The number of carbonyl (C=O) groups is 1. The molecule has 0 saturated heterocycles. The number of carboxylic acids is 1. The molecule has 0 bridgehead atoms. The summed E-state index contributed by atoms with van der Waals surface area (Å²) in [6.07, 6.45) is 0. The molecule has 0 aliphatic carbocycles. The van der Waals surface area contributed by atoms with Gasteiger partial charge < -0.3 is 10.0 Å². The number of aryl methyl sites for hydroxylation is 1. The molecule has 0 unspecified atom stereocenters. The highest BCUT2D eigenvalue weighted by Gasteiger charge is 2.11. The van der Waals surface area contributed by atoms with E-state index in [9.17, 15) is 4.79 Å². The number of halogens is 1. The van der Waals surface area contributed by atoms with Crippen LogP contribution in [0.2, 0.25) is 0 Å². The minimum Gasteiger partial charge on any atom is -0.480 e. The van der Waals surface area contributed by atoms with Gasteiger partial charge in [-0.1, -0.05) is 45.8 Å². The zero-order valence-corrected chi connectivity index (χ0v) is 12.8. The minimum atomic E-state index is -0.833. The lowest BCUT2D eigenvalue weighted by Crippen LogP contribution is -2.29. The van der Waals surface area contributed by atoms with E-state index in [1.807, 2.05) is 60.4 Å². The zero-order chi connectivity index (χ0) is 14.5. The van der Waals surface area contributed by atoms with Crippen molar-refractivity contribution >= 4 is 27.6 Å². The van der Waals surface area contributed by atoms with E-state index in [1.165, 1.54) is 0 Å². The molecule has 104 valence electrons. The molecule has 2 aromatic carbocycles. The highest BCUT2D eigenvalue weighted by atomic mass is 79.9. The van der Waals surface area contributed by atoms with E-state index in [2.05, 4.69) is 15.9 Å². The average molecular weight is 334 g/mol. The molecule has 0 heterocycles. The predicted octanol–water partition coefficient (Wildman–Crippen LogP) is 3.85. The molecule has 0 aliphatic heterocycles. The Morgan fingerprint density at radius 3 is 2.50 bits per heavy atom. The number of anilines is 1. The van der Waals surface area contributed by atoms with Crippen LogP contribution in [0.4, 0.5) is 5.69 Å². The van der Waals surface area contributed by atoms with Gasteiger partial charge in [0.15, 0.2) is 0 Å². The van der Waals surface area contributed by atoms with Crippen molar-refractivity contribution in [1.82, 2.24) is 0 Å². The number of hydrogen-bond acceptors (Lipinski definition) is 2. The number of aliphatic carboxylic acids is 1. The Morgan fingerprint density at radius 1 is 1.20 bits per heavy atom. The van der Waals surface area contributed by atoms with Gasteiger partial charge in [-0.3, -0.25) is 4.79 Å². The third kappa shape index (κ3) is 4.10. The minimum absolute atomic E-state index is 0.0183. The lowest BCUT2D eigenvalue weighted by atomic mass is 10.1. The van der Waals surface area contributed by atoms with E-state index in [1.54, 1.807) is 0 Å². The van der Waals surface area contributed by atoms with Crippen LogP contribution in [0.25, 0.3) is 0 Å². The molecule has 3 nitrogen and oxygen atoms in total. The Kier molecular flexibility index (Phi) is 4.79. The molecule has 0 amide bonds. The number of rotatable bonds is 5. The van der Waals surface area contributed by atoms with Crippen molar-refractivity contribution in [3.63, 3.8) is 0 Å². The maximum atomic E-state index is 11.1. The van der Waals surface area contributed by atoms with Crippen LogP contribution in [0, 0.1) is 6.92 Å². The molecule has 0 radical (unpaired) electrons. The second-order valence-corrected chi connectivity index (χ2v) is 5.63. The molecule has 2 aromatic rings. The number of nitrogens with zero attached hydrogens (tertiary/aromatic N) is 1. The third-order valence-electron chi connectivity index (χ3n) is 2.99. The summed E-state index contributed by atoms with van der Waals surface area (Å²) >= 11 is 3.43. The summed E-state index contributed by atoms with van der Waals surface area (Å²) in [5, 5.41) is 9.08. The van der Waals surface area contributed by atoms with Gasteiger partial charge in [-0.05, 0) is 36.8 Å². The van der Waals surface area contributed by atoms with Crippen LogP contribution < -0.4 is 4.90 Å². The van der Waals surface area contributed by atoms with E-state index in [-0.39, 0.29) is 6.54 Å². The lowest BCUT2D eigenvalue weighted by Gasteiger charge is -2.23. The van der Waals surface area contributed by atoms with E-state index < -0.39 is 5.97 Å². The second-order valence-electron chi connectivity index (χ2n) is 4.72. The zero-order valence-electron chi connectivity index (χ0n) is 11.2. The van der Waals surface area contributed by atoms with E-state index >= 15 is 0 Å². The van der Waals surface area contributed by atoms with Crippen LogP contribution in [0.3, 0.4) is 0 Å². The topological polar surface area (TPSA) is 40.5 Å². The van der Waals surface area contributed by atoms with Gasteiger partial charge in [-0.25, -0.2) is 0 Å². The Balaban J connectivity index is 2.23. The van der Waals surface area contributed by atoms with Gasteiger partial charge in [0.1, 0.15) is 6.54 Å². The Hall–Kier alpha value is -1.81. The summed E-state index contributed by atoms with van der Waals surface area (Å²) in [6.45, 7) is 2.56. The fourth-order valence-corrected chi connectivity index (χ4v) is 2.46. The smallest absolute Gasteiger partial charge is 0.323 e. The van der Waals surface area contributed by atoms with Gasteiger partial charge in [0.2, 0.25) is 0 Å². The summed E-state index contributed by atoms with van der Waals surface area (Å²) in [5.74, 6) is -0.833. The maximum absolute atomic E-state index is 11.1. The van der Waals surface area contributed by atoms with Gasteiger partial charge >= 0.3 is 5.97 Å². The van der Waals surface area contributed by atoms with Crippen molar-refractivity contribution in [3.8, 4) is 0 Å². The molecule has 0 saturated carbocycles. The van der Waals surface area contributed by atoms with Crippen molar-refractivity contribution in [1.29, 1.82) is 0 Å². The summed E-state index contributed by atoms with van der Waals surface area (Å²) in [7, 11) is 0. The number of benzene rings is 2. The predicted molar refractivity (Wildman–Crippen MR) is 84.0 cm³/mol. The first-order valence-electron chi connectivity index (χ1n) is 6.32. The molecule has 0 spiro atoms. The van der Waals surface area contributed by atoms with Crippen LogP contribution in [0.1, 0.15) is 11.1 Å². The molecule has 0 aliphatic rings. The first kappa shape index (κ1) is 14.6. The number of carboxylic acid groups (broad SMARTS) is 1. The van der Waals surface area contributed by atoms with Gasteiger partial charge in [0, 0.05) is 16.7 Å². The van der Waals surface area contributed by atoms with Gasteiger partial charge in [-0.15, -0.1) is 0 Å². The molecule has 0 aromatic heterocycles. The largest absolute Gasteiger partial charge is 0.480 e. The van der Waals surface area contributed by atoms with E-state index in [4.69, 9.17) is 5.11 Å². The monoisotopic (exact) mass is 333 g/mol. The van der Waals surface area contributed by atoms with Crippen LogP contribution >= 0.6 is 15.9 Å². The molecule has 20 heavy (non-hydrogen) atoms. The first-order valence-corrected chi connectivity index (χ1v) is 7.12. The highest BCUT2D eigenvalue weighted by Crippen LogP contribution is 2.19. The van der Waals surface area contributed by atoms with Gasteiger partial charge in [-0.2, -0.15) is 0 Å². The van der Waals surface area contributed by atoms with Crippen molar-refractivity contribution in [2.24, 2.45) is 0 Å². The molecular formula is C16H16BrNO2. The number of hydrogen-bond donors (Lipinski definition) is 1. The van der Waals surface area contributed by atoms with Gasteiger partial charge in [0.05, 0.1) is 0 Å². The van der Waals surface area contributed by atoms with Crippen LogP contribution in [0.15, 0.2) is 53.0 Å². The molecule has 0 fully saturated rings. The van der Waals surface area contributed by atoms with Crippen LogP contribution in [0.5, 0.6) is 0 Å². The van der Waals surface area contributed by atoms with Crippen LogP contribution in [-0.2, 0) is 11.3 Å². The first-order chi connectivity index (χ1) is 9.54. The Morgan fingerprint density at radius 2 is 1.90 bits per heavy atom. The molecule has 2 rings (SSSR count). The lowest BCUT2D eigenvalue weighted by molar-refractivity contribution is -0.135. The fourth-order valence-electron chi connectivity index (χ4n) is 2.01. The van der Waals surface area contributed by atoms with Crippen molar-refractivity contribution < 1.29 is 9.90 Å². The van der Waals surface area contributed by atoms with Crippen LogP contribution in [-0.4, -0.2) is 17.6 Å². The van der Waals surface area contributed by atoms with Crippen molar-refractivity contribution in [2.45, 2.75) is 13.5 Å². The molecule has 1 N–H and O–H groups in total. The summed E-state index contributed by atoms with van der Waals surface area (Å²) < 4.78 is 0.995. The van der Waals surface area contributed by atoms with Gasteiger partial charge in [0.25, 0.3) is 0 Å².